The van der Waals surface area contributed by atoms with E-state index in [2.05, 4.69) is 17.3 Å². The number of aromatic nitrogens is 2. The number of benzene rings is 2. The first kappa shape index (κ1) is 17.0. The number of nitrogens with one attached hydrogen (secondary N) is 1. The van der Waals surface area contributed by atoms with Gasteiger partial charge in [-0.3, -0.25) is 5.32 Å². The van der Waals surface area contributed by atoms with Crippen LogP contribution >= 0.6 is 11.6 Å². The molecule has 25 heavy (non-hydrogen) atoms. The Hall–Kier alpha value is -2.79. The van der Waals surface area contributed by atoms with Gasteiger partial charge >= 0.3 is 6.09 Å². The van der Waals surface area contributed by atoms with E-state index in [0.29, 0.717) is 16.5 Å². The minimum atomic E-state index is -0.563. The number of para-hydroxylation sites is 1. The quantitative estimate of drug-likeness (QED) is 0.693. The molecule has 3 rings (SSSR count). The van der Waals surface area contributed by atoms with Crippen molar-refractivity contribution in [2.24, 2.45) is 0 Å². The van der Waals surface area contributed by atoms with Crippen molar-refractivity contribution < 1.29 is 9.53 Å². The summed E-state index contributed by atoms with van der Waals surface area (Å²) < 4.78 is 7.27. The van der Waals surface area contributed by atoms with Crippen LogP contribution in [-0.2, 0) is 6.42 Å². The highest BCUT2D eigenvalue weighted by molar-refractivity contribution is 6.30. The number of carbonyl (C=O) groups excluding carboxylic acids is 1. The molecule has 0 saturated carbocycles. The lowest BCUT2D eigenvalue weighted by Crippen LogP contribution is -2.17. The average molecular weight is 356 g/mol. The molecule has 0 fully saturated rings. The lowest BCUT2D eigenvalue weighted by molar-refractivity contribution is 0.214. The summed E-state index contributed by atoms with van der Waals surface area (Å²) >= 11 is 5.84. The van der Waals surface area contributed by atoms with E-state index in [0.717, 1.165) is 24.2 Å². The van der Waals surface area contributed by atoms with Crippen LogP contribution in [0.25, 0.3) is 5.69 Å². The van der Waals surface area contributed by atoms with E-state index in [4.69, 9.17) is 16.3 Å². The van der Waals surface area contributed by atoms with E-state index >= 15 is 0 Å². The molecule has 6 heteroatoms. The van der Waals surface area contributed by atoms with E-state index in [1.165, 1.54) is 0 Å². The van der Waals surface area contributed by atoms with Crippen molar-refractivity contribution in [2.75, 3.05) is 5.32 Å². The van der Waals surface area contributed by atoms with Crippen LogP contribution in [0.4, 0.5) is 10.5 Å². The van der Waals surface area contributed by atoms with E-state index in [9.17, 15) is 4.79 Å². The van der Waals surface area contributed by atoms with Crippen molar-refractivity contribution in [3.63, 3.8) is 0 Å². The molecule has 1 heterocycles. The summed E-state index contributed by atoms with van der Waals surface area (Å²) in [5, 5.41) is 7.65. The van der Waals surface area contributed by atoms with Crippen molar-refractivity contribution in [2.45, 2.75) is 19.8 Å². The molecule has 0 aliphatic heterocycles. The Morgan fingerprint density at radius 2 is 1.88 bits per heavy atom. The maximum Gasteiger partial charge on any atom is 0.417 e. The van der Waals surface area contributed by atoms with E-state index in [-0.39, 0.29) is 0 Å². The van der Waals surface area contributed by atoms with Crippen molar-refractivity contribution in [1.29, 1.82) is 0 Å². The van der Waals surface area contributed by atoms with Crippen LogP contribution in [0.5, 0.6) is 5.75 Å². The van der Waals surface area contributed by atoms with Crippen LogP contribution in [0.3, 0.4) is 0 Å². The predicted molar refractivity (Wildman–Crippen MR) is 98.7 cm³/mol. The summed E-state index contributed by atoms with van der Waals surface area (Å²) in [6.07, 6.45) is 2.67. The van der Waals surface area contributed by atoms with Gasteiger partial charge in [0.25, 0.3) is 0 Å². The zero-order chi connectivity index (χ0) is 17.6. The lowest BCUT2D eigenvalue weighted by atomic mass is 10.2. The van der Waals surface area contributed by atoms with Crippen LogP contribution in [0.15, 0.2) is 60.8 Å². The molecule has 1 aromatic heterocycles. The zero-order valence-electron chi connectivity index (χ0n) is 13.8. The van der Waals surface area contributed by atoms with Gasteiger partial charge in [0.1, 0.15) is 0 Å². The van der Waals surface area contributed by atoms with Crippen LogP contribution in [0, 0.1) is 0 Å². The molecule has 2 aromatic carbocycles. The highest BCUT2D eigenvalue weighted by atomic mass is 35.5. The van der Waals surface area contributed by atoms with Crippen LogP contribution in [-0.4, -0.2) is 15.9 Å². The molecule has 0 radical (unpaired) electrons. The first-order valence-corrected chi connectivity index (χ1v) is 8.42. The van der Waals surface area contributed by atoms with E-state index in [1.807, 2.05) is 30.3 Å². The summed E-state index contributed by atoms with van der Waals surface area (Å²) in [7, 11) is 0. The topological polar surface area (TPSA) is 56.1 Å². The number of amides is 1. The van der Waals surface area contributed by atoms with Gasteiger partial charge in [-0.15, -0.1) is 0 Å². The van der Waals surface area contributed by atoms with Gasteiger partial charge in [0, 0.05) is 10.7 Å². The Balaban J connectivity index is 1.78. The van der Waals surface area contributed by atoms with Crippen molar-refractivity contribution in [3.8, 4) is 11.4 Å². The van der Waals surface area contributed by atoms with Gasteiger partial charge < -0.3 is 4.74 Å². The van der Waals surface area contributed by atoms with Gasteiger partial charge in [0.15, 0.2) is 5.75 Å². The van der Waals surface area contributed by atoms with Crippen molar-refractivity contribution in [3.05, 3.63) is 71.5 Å². The molecular weight excluding hydrogens is 338 g/mol. The number of halogens is 1. The molecule has 3 aromatic rings. The van der Waals surface area contributed by atoms with Gasteiger partial charge in [-0.1, -0.05) is 43.1 Å². The van der Waals surface area contributed by atoms with Crippen LogP contribution < -0.4 is 10.1 Å². The molecule has 1 amide bonds. The van der Waals surface area contributed by atoms with Crippen LogP contribution in [0.2, 0.25) is 5.02 Å². The normalized spacial score (nSPS) is 10.5. The number of nitrogens with zero attached hydrogens (tertiary/aromatic N) is 2. The molecule has 1 N–H and O–H groups in total. The molecule has 0 aliphatic rings. The fourth-order valence-corrected chi connectivity index (χ4v) is 2.60. The second-order valence-corrected chi connectivity index (χ2v) is 5.91. The fraction of sp³-hybridized carbons (Fsp3) is 0.158. The molecule has 0 aliphatic carbocycles. The number of anilines is 1. The Morgan fingerprint density at radius 1 is 1.16 bits per heavy atom. The number of ether oxygens (including phenoxy) is 1. The van der Waals surface area contributed by atoms with Crippen molar-refractivity contribution in [1.82, 2.24) is 9.78 Å². The second kappa shape index (κ2) is 7.85. The van der Waals surface area contributed by atoms with Crippen LogP contribution in [0.1, 0.15) is 19.0 Å². The third kappa shape index (κ3) is 4.19. The molecule has 5 nitrogen and oxygen atoms in total. The molecular formula is C19H18ClN3O2. The van der Waals surface area contributed by atoms with Crippen molar-refractivity contribution >= 4 is 23.4 Å². The minimum Gasteiger partial charge on any atom is -0.406 e. The maximum absolute atomic E-state index is 12.2. The Kier molecular flexibility index (Phi) is 5.36. The molecule has 0 atom stereocenters. The lowest BCUT2D eigenvalue weighted by Gasteiger charge is -2.10. The van der Waals surface area contributed by atoms with Gasteiger partial charge in [-0.05, 0) is 42.8 Å². The smallest absolute Gasteiger partial charge is 0.406 e. The third-order valence-corrected chi connectivity index (χ3v) is 3.86. The number of rotatable bonds is 5. The first-order chi connectivity index (χ1) is 12.2. The number of hydrogen-bond donors (Lipinski definition) is 1. The fourth-order valence-electron chi connectivity index (χ4n) is 2.48. The van der Waals surface area contributed by atoms with Gasteiger partial charge in [0.05, 0.1) is 17.6 Å². The standard InChI is InChI=1S/C19H18ClN3O2/c1-2-6-17-18(13-21-23(17)16-7-4-3-5-8-16)25-19(24)22-15-11-9-14(20)10-12-15/h3-5,7-13H,2,6H2,1H3,(H,22,24). The average Bonchev–Trinajstić information content (AvgIpc) is 3.00. The van der Waals surface area contributed by atoms with Gasteiger partial charge in [-0.2, -0.15) is 5.10 Å². The monoisotopic (exact) mass is 355 g/mol. The summed E-state index contributed by atoms with van der Waals surface area (Å²) in [5.74, 6) is 0.456. The molecule has 0 bridgehead atoms. The largest absolute Gasteiger partial charge is 0.417 e. The molecule has 0 saturated heterocycles. The van der Waals surface area contributed by atoms with E-state index in [1.54, 1.807) is 35.1 Å². The molecule has 0 spiro atoms. The summed E-state index contributed by atoms with van der Waals surface area (Å²) in [4.78, 5) is 12.2. The summed E-state index contributed by atoms with van der Waals surface area (Å²) in [6.45, 7) is 2.07. The number of carbonyl (C=O) groups is 1. The van der Waals surface area contributed by atoms with E-state index < -0.39 is 6.09 Å². The van der Waals surface area contributed by atoms with Gasteiger partial charge in [0.2, 0.25) is 0 Å². The zero-order valence-corrected chi connectivity index (χ0v) is 14.5. The highest BCUT2D eigenvalue weighted by Gasteiger charge is 2.16. The number of hydrogen-bond acceptors (Lipinski definition) is 3. The third-order valence-electron chi connectivity index (χ3n) is 3.61. The predicted octanol–water partition coefficient (Wildman–Crippen LogP) is 5.09. The SMILES string of the molecule is CCCc1c(OC(=O)Nc2ccc(Cl)cc2)cnn1-c1ccccc1. The second-order valence-electron chi connectivity index (χ2n) is 5.47. The molecule has 128 valence electrons. The first-order valence-electron chi connectivity index (χ1n) is 8.04. The Morgan fingerprint density at radius 3 is 2.56 bits per heavy atom. The Bertz CT molecular complexity index is 845. The molecule has 0 unspecified atom stereocenters. The summed E-state index contributed by atoms with van der Waals surface area (Å²) in [6, 6.07) is 16.6. The maximum atomic E-state index is 12.2. The van der Waals surface area contributed by atoms with Gasteiger partial charge in [-0.25, -0.2) is 9.48 Å². The summed E-state index contributed by atoms with van der Waals surface area (Å²) in [5.41, 5.74) is 2.40. The highest BCUT2D eigenvalue weighted by Crippen LogP contribution is 2.24. The minimum absolute atomic E-state index is 0.456. The Labute approximate surface area is 151 Å².